The van der Waals surface area contributed by atoms with Gasteiger partial charge in [-0.25, -0.2) is 4.90 Å². The predicted octanol–water partition coefficient (Wildman–Crippen LogP) is 2.25. The summed E-state index contributed by atoms with van der Waals surface area (Å²) in [5.74, 6) is -0.182. The van der Waals surface area contributed by atoms with E-state index in [2.05, 4.69) is 41.1 Å². The van der Waals surface area contributed by atoms with Crippen molar-refractivity contribution in [1.29, 1.82) is 0 Å². The second-order valence-electron chi connectivity index (χ2n) is 7.32. The second-order valence-corrected chi connectivity index (χ2v) is 9.30. The number of carbonyl (C=O) groups is 2. The van der Waals surface area contributed by atoms with Gasteiger partial charge >= 0.3 is 0 Å². The van der Waals surface area contributed by atoms with Crippen molar-refractivity contribution in [1.82, 2.24) is 4.90 Å². The van der Waals surface area contributed by atoms with Crippen LogP contribution in [-0.4, -0.2) is 29.9 Å². The average molecular weight is 386 g/mol. The zero-order chi connectivity index (χ0) is 17.7. The van der Waals surface area contributed by atoms with Gasteiger partial charge in [-0.3, -0.25) is 9.59 Å². The number of quaternary nitrogens is 1. The van der Waals surface area contributed by atoms with Crippen LogP contribution < -0.4 is 4.90 Å². The van der Waals surface area contributed by atoms with Crippen LogP contribution in [0.4, 0.5) is 0 Å². The van der Waals surface area contributed by atoms with Crippen LogP contribution in [0.15, 0.2) is 41.1 Å². The number of hydrogen-bond donors (Lipinski definition) is 1. The molecule has 1 aliphatic carbocycles. The first-order valence-electron chi connectivity index (χ1n) is 9.18. The number of nitrogens with zero attached hydrogens (tertiary/aromatic N) is 1. The Balaban J connectivity index is 1.45. The highest BCUT2D eigenvalue weighted by atomic mass is 32.1. The molecule has 2 aliphatic heterocycles. The second kappa shape index (κ2) is 6.44. The Morgan fingerprint density at radius 2 is 1.81 bits per heavy atom. The summed E-state index contributed by atoms with van der Waals surface area (Å²) in [5, 5.41) is 4.28. The number of fused-ring (bicyclic) bond motifs is 2. The molecule has 6 heteroatoms. The molecule has 2 amide bonds. The molecular weight excluding hydrogens is 364 g/mol. The van der Waals surface area contributed by atoms with Crippen molar-refractivity contribution < 1.29 is 14.5 Å². The van der Waals surface area contributed by atoms with Gasteiger partial charge in [0.2, 0.25) is 11.8 Å². The van der Waals surface area contributed by atoms with E-state index in [4.69, 9.17) is 0 Å². The van der Waals surface area contributed by atoms with E-state index in [1.165, 1.54) is 20.2 Å². The highest BCUT2D eigenvalue weighted by Gasteiger charge is 2.49. The van der Waals surface area contributed by atoms with E-state index < -0.39 is 0 Å². The van der Waals surface area contributed by atoms with Crippen molar-refractivity contribution in [2.24, 2.45) is 11.8 Å². The molecule has 3 aliphatic rings. The summed E-state index contributed by atoms with van der Waals surface area (Å²) in [6.45, 7) is 1.45. The molecule has 0 bridgehead atoms. The van der Waals surface area contributed by atoms with Crippen molar-refractivity contribution >= 4 is 34.5 Å². The van der Waals surface area contributed by atoms with Gasteiger partial charge in [0.05, 0.1) is 23.3 Å². The van der Waals surface area contributed by atoms with Crippen LogP contribution in [0.2, 0.25) is 0 Å². The number of imide groups is 1. The van der Waals surface area contributed by atoms with Crippen LogP contribution in [0.3, 0.4) is 0 Å². The zero-order valence-electron chi connectivity index (χ0n) is 14.4. The molecule has 26 heavy (non-hydrogen) atoms. The first kappa shape index (κ1) is 16.4. The van der Waals surface area contributed by atoms with Crippen molar-refractivity contribution in [3.05, 3.63) is 56.4 Å². The van der Waals surface area contributed by atoms with Crippen LogP contribution in [0.25, 0.3) is 0 Å². The summed E-state index contributed by atoms with van der Waals surface area (Å²) in [4.78, 5) is 31.4. The normalized spacial score (nSPS) is 30.5. The first-order valence-corrected chi connectivity index (χ1v) is 10.9. The fraction of sp³-hybridized carbons (Fsp3) is 0.400. The summed E-state index contributed by atoms with van der Waals surface area (Å²) in [5.41, 5.74) is 1.37. The quantitative estimate of drug-likeness (QED) is 0.650. The van der Waals surface area contributed by atoms with Crippen LogP contribution in [0.5, 0.6) is 0 Å². The first-order chi connectivity index (χ1) is 12.7. The van der Waals surface area contributed by atoms with Gasteiger partial charge in [0.15, 0.2) is 12.7 Å². The van der Waals surface area contributed by atoms with Gasteiger partial charge in [0, 0.05) is 16.9 Å². The number of carbonyl (C=O) groups excluding carboxylic acids is 2. The van der Waals surface area contributed by atoms with E-state index >= 15 is 0 Å². The van der Waals surface area contributed by atoms with Crippen molar-refractivity contribution in [3.8, 4) is 0 Å². The van der Waals surface area contributed by atoms with E-state index in [-0.39, 0.29) is 29.7 Å². The minimum absolute atomic E-state index is 0.0397. The van der Waals surface area contributed by atoms with Gasteiger partial charge in [0.25, 0.3) is 0 Å². The molecule has 1 fully saturated rings. The molecule has 0 radical (unpaired) electrons. The topological polar surface area (TPSA) is 41.8 Å². The monoisotopic (exact) mass is 385 g/mol. The number of allylic oxidation sites excluding steroid dienone is 2. The number of likely N-dealkylation sites (tertiary alicyclic amines) is 1. The van der Waals surface area contributed by atoms with Crippen molar-refractivity contribution in [3.63, 3.8) is 0 Å². The predicted molar refractivity (Wildman–Crippen MR) is 102 cm³/mol. The minimum atomic E-state index is -0.131. The molecular formula is C20H21N2O2S2+. The zero-order valence-corrected chi connectivity index (χ0v) is 16.0. The largest absolute Gasteiger partial charge is 0.306 e. The Bertz CT molecular complexity index is 844. The lowest BCUT2D eigenvalue weighted by molar-refractivity contribution is -0.934. The number of nitrogens with one attached hydrogen (secondary N) is 1. The third-order valence-electron chi connectivity index (χ3n) is 5.96. The molecule has 4 atom stereocenters. The standard InChI is InChI=1S/C20H20N2O2S2/c23-19-13-4-1-2-5-14(13)20(24)22(19)12-21-9-7-16-15(8-11-26-16)18(21)17-6-3-10-25-17/h1-3,6,8,10-11,13-14,18H,4-5,7,9,12H2/p+1/t13-,14-,18-/m1/s1. The summed E-state index contributed by atoms with van der Waals surface area (Å²) in [7, 11) is 0. The lowest BCUT2D eigenvalue weighted by Gasteiger charge is -2.34. The van der Waals surface area contributed by atoms with Crippen LogP contribution in [0, 0.1) is 11.8 Å². The third kappa shape index (κ3) is 2.51. The molecule has 1 saturated heterocycles. The maximum atomic E-state index is 12.9. The Kier molecular flexibility index (Phi) is 4.07. The van der Waals surface area contributed by atoms with Gasteiger partial charge in [-0.15, -0.1) is 22.7 Å². The lowest BCUT2D eigenvalue weighted by atomic mass is 9.85. The number of rotatable bonds is 3. The van der Waals surface area contributed by atoms with E-state index in [0.29, 0.717) is 19.5 Å². The minimum Gasteiger partial charge on any atom is -0.306 e. The number of hydrogen-bond acceptors (Lipinski definition) is 4. The molecule has 2 aromatic heterocycles. The fourth-order valence-corrected chi connectivity index (χ4v) is 6.48. The molecule has 4 heterocycles. The van der Waals surface area contributed by atoms with E-state index in [0.717, 1.165) is 13.0 Å². The molecule has 0 spiro atoms. The molecule has 134 valence electrons. The Labute approximate surface area is 160 Å². The molecule has 0 saturated carbocycles. The summed E-state index contributed by atoms with van der Waals surface area (Å²) < 4.78 is 0. The van der Waals surface area contributed by atoms with Crippen LogP contribution in [-0.2, 0) is 16.0 Å². The van der Waals surface area contributed by atoms with Crippen LogP contribution >= 0.6 is 22.7 Å². The van der Waals surface area contributed by atoms with Gasteiger partial charge in [-0.05, 0) is 35.7 Å². The summed E-state index contributed by atoms with van der Waals surface area (Å²) >= 11 is 3.59. The summed E-state index contributed by atoms with van der Waals surface area (Å²) in [6.07, 6.45) is 6.55. The Hall–Kier alpha value is -1.76. The molecule has 1 unspecified atom stereocenters. The molecule has 0 aromatic carbocycles. The highest BCUT2D eigenvalue weighted by molar-refractivity contribution is 7.10. The van der Waals surface area contributed by atoms with Crippen molar-refractivity contribution in [2.75, 3.05) is 13.2 Å². The van der Waals surface area contributed by atoms with E-state index in [1.807, 2.05) is 11.3 Å². The van der Waals surface area contributed by atoms with Crippen LogP contribution in [0.1, 0.15) is 34.2 Å². The Morgan fingerprint density at radius 1 is 1.04 bits per heavy atom. The SMILES string of the molecule is O=C1[C@@H]2CC=CC[C@H]2C(=O)N1C[NH+]1CCc2sccc2[C@@H]1c1cccs1. The Morgan fingerprint density at radius 3 is 2.50 bits per heavy atom. The molecule has 2 aromatic rings. The van der Waals surface area contributed by atoms with Gasteiger partial charge in [-0.2, -0.15) is 0 Å². The highest BCUT2D eigenvalue weighted by Crippen LogP contribution is 2.35. The van der Waals surface area contributed by atoms with Gasteiger partial charge < -0.3 is 4.90 Å². The maximum Gasteiger partial charge on any atom is 0.237 e. The van der Waals surface area contributed by atoms with Gasteiger partial charge in [-0.1, -0.05) is 18.2 Å². The molecule has 4 nitrogen and oxygen atoms in total. The van der Waals surface area contributed by atoms with E-state index in [9.17, 15) is 9.59 Å². The molecule has 5 rings (SSSR count). The van der Waals surface area contributed by atoms with Gasteiger partial charge in [0.1, 0.15) is 0 Å². The van der Waals surface area contributed by atoms with Crippen molar-refractivity contribution in [2.45, 2.75) is 25.3 Å². The number of amides is 2. The molecule has 1 N–H and O–H groups in total. The number of thiophene rings is 2. The van der Waals surface area contributed by atoms with E-state index in [1.54, 1.807) is 16.2 Å². The lowest BCUT2D eigenvalue weighted by Crippen LogP contribution is -3.15. The fourth-order valence-electron chi connectivity index (χ4n) is 4.66. The maximum absolute atomic E-state index is 12.9. The smallest absolute Gasteiger partial charge is 0.237 e. The average Bonchev–Trinajstić information content (AvgIpc) is 3.39. The summed E-state index contributed by atoms with van der Waals surface area (Å²) in [6, 6.07) is 6.72. The third-order valence-corrected chi connectivity index (χ3v) is 7.89.